The van der Waals surface area contributed by atoms with Crippen molar-refractivity contribution in [1.29, 1.82) is 0 Å². The van der Waals surface area contributed by atoms with Crippen LogP contribution in [0.5, 0.6) is 0 Å². The van der Waals surface area contributed by atoms with E-state index in [1.165, 1.54) is 23.5 Å². The zero-order valence-corrected chi connectivity index (χ0v) is 15.8. The molecule has 3 heterocycles. The number of imidazole rings is 1. The number of nitro benzene ring substituents is 1. The average Bonchev–Trinajstić information content (AvgIpc) is 3.26. The lowest BCUT2D eigenvalue weighted by Gasteiger charge is -2.12. The summed E-state index contributed by atoms with van der Waals surface area (Å²) in [7, 11) is 0. The number of aliphatic carboxylic acids is 1. The molecule has 0 aliphatic carbocycles. The van der Waals surface area contributed by atoms with E-state index in [0.717, 1.165) is 17.5 Å². The van der Waals surface area contributed by atoms with Crippen LogP contribution in [0.4, 0.5) is 5.69 Å². The summed E-state index contributed by atoms with van der Waals surface area (Å²) in [6, 6.07) is 8.37. The molecule has 1 unspecified atom stereocenters. The molecule has 0 bridgehead atoms. The van der Waals surface area contributed by atoms with Gasteiger partial charge < -0.3 is 10.2 Å². The van der Waals surface area contributed by atoms with E-state index in [4.69, 9.17) is 9.90 Å². The van der Waals surface area contributed by atoms with Gasteiger partial charge in [0.2, 0.25) is 6.23 Å². The molecule has 0 fully saturated rings. The van der Waals surface area contributed by atoms with Crippen molar-refractivity contribution in [2.75, 3.05) is 0 Å². The number of aryl methyl sites for hydroxylation is 1. The molecule has 1 aliphatic rings. The summed E-state index contributed by atoms with van der Waals surface area (Å²) in [6.45, 7) is 2.95. The molecule has 28 heavy (non-hydrogen) atoms. The number of carboxylic acids is 1. The molecule has 9 nitrogen and oxygen atoms in total. The standard InChI is InChI=1S/C16H12N4O3S.C2H4O2/c1-9-8-17-15-16(21)18-14(13-3-2-6-24-13)11-7-10(20(22)23)4-5-12(11)19(9)15;1-2(3)4/h2-8,16,21H,1H3;1H3,(H,3,4). The molecule has 0 radical (unpaired) electrons. The highest BCUT2D eigenvalue weighted by Gasteiger charge is 2.27. The van der Waals surface area contributed by atoms with E-state index >= 15 is 0 Å². The number of aliphatic hydroxyl groups is 1. The number of hydrogen-bond donors (Lipinski definition) is 2. The summed E-state index contributed by atoms with van der Waals surface area (Å²) in [4.78, 5) is 29.2. The first-order chi connectivity index (χ1) is 13.3. The van der Waals surface area contributed by atoms with E-state index < -0.39 is 17.1 Å². The van der Waals surface area contributed by atoms with Crippen LogP contribution in [0.1, 0.15) is 35.1 Å². The smallest absolute Gasteiger partial charge is 0.300 e. The van der Waals surface area contributed by atoms with Crippen molar-refractivity contribution in [2.24, 2.45) is 4.99 Å². The quantitative estimate of drug-likeness (QED) is 0.502. The van der Waals surface area contributed by atoms with Gasteiger partial charge in [-0.3, -0.25) is 19.5 Å². The first-order valence-corrected chi connectivity index (χ1v) is 9.00. The number of aliphatic hydroxyl groups excluding tert-OH is 1. The third-order valence-electron chi connectivity index (χ3n) is 3.89. The molecule has 1 aromatic carbocycles. The summed E-state index contributed by atoms with van der Waals surface area (Å²) >= 11 is 1.46. The van der Waals surface area contributed by atoms with Crippen molar-refractivity contribution in [2.45, 2.75) is 20.1 Å². The minimum atomic E-state index is -1.14. The number of carbonyl (C=O) groups is 1. The first-order valence-electron chi connectivity index (χ1n) is 8.12. The molecule has 0 spiro atoms. The minimum Gasteiger partial charge on any atom is -0.481 e. The normalized spacial score (nSPS) is 14.7. The summed E-state index contributed by atoms with van der Waals surface area (Å²) in [5, 5.41) is 31.0. The lowest BCUT2D eigenvalue weighted by Crippen LogP contribution is -2.08. The topological polar surface area (TPSA) is 131 Å². The van der Waals surface area contributed by atoms with E-state index in [-0.39, 0.29) is 5.69 Å². The molecule has 2 N–H and O–H groups in total. The maximum atomic E-state index is 11.2. The maximum Gasteiger partial charge on any atom is 0.300 e. The first kappa shape index (κ1) is 19.4. The Bertz CT molecular complexity index is 1070. The van der Waals surface area contributed by atoms with Crippen LogP contribution in [0, 0.1) is 17.0 Å². The van der Waals surface area contributed by atoms with Crippen LogP contribution in [-0.4, -0.2) is 36.4 Å². The molecule has 0 amide bonds. The molecule has 0 saturated heterocycles. The molecule has 3 aromatic rings. The largest absolute Gasteiger partial charge is 0.481 e. The Morgan fingerprint density at radius 1 is 1.36 bits per heavy atom. The second-order valence-corrected chi connectivity index (χ2v) is 6.85. The highest BCUT2D eigenvalue weighted by atomic mass is 32.1. The van der Waals surface area contributed by atoms with E-state index in [1.807, 2.05) is 24.4 Å². The molecule has 1 aliphatic heterocycles. The molecule has 144 valence electrons. The van der Waals surface area contributed by atoms with Crippen LogP contribution in [0.3, 0.4) is 0 Å². The van der Waals surface area contributed by atoms with Gasteiger partial charge in [0.05, 0.1) is 21.2 Å². The lowest BCUT2D eigenvalue weighted by molar-refractivity contribution is -0.384. The van der Waals surface area contributed by atoms with Gasteiger partial charge in [-0.05, 0) is 24.4 Å². The van der Waals surface area contributed by atoms with E-state index in [0.29, 0.717) is 22.8 Å². The molecular weight excluding hydrogens is 384 g/mol. The molecule has 4 rings (SSSR count). The third-order valence-corrected chi connectivity index (χ3v) is 4.77. The van der Waals surface area contributed by atoms with Gasteiger partial charge in [-0.25, -0.2) is 9.98 Å². The second-order valence-electron chi connectivity index (χ2n) is 5.90. The van der Waals surface area contributed by atoms with Crippen LogP contribution in [0.2, 0.25) is 0 Å². The van der Waals surface area contributed by atoms with Crippen molar-refractivity contribution >= 4 is 28.7 Å². The Morgan fingerprint density at radius 2 is 2.07 bits per heavy atom. The van der Waals surface area contributed by atoms with Gasteiger partial charge in [-0.1, -0.05) is 6.07 Å². The van der Waals surface area contributed by atoms with Gasteiger partial charge in [0, 0.05) is 36.5 Å². The number of nitrogens with zero attached hydrogens (tertiary/aromatic N) is 4. The monoisotopic (exact) mass is 400 g/mol. The summed E-state index contributed by atoms with van der Waals surface area (Å²) < 4.78 is 1.79. The van der Waals surface area contributed by atoms with Crippen molar-refractivity contribution in [1.82, 2.24) is 9.55 Å². The number of aromatic nitrogens is 2. The number of fused-ring (bicyclic) bond motifs is 3. The number of benzene rings is 1. The van der Waals surface area contributed by atoms with Crippen LogP contribution in [-0.2, 0) is 4.79 Å². The van der Waals surface area contributed by atoms with Crippen LogP contribution in [0.25, 0.3) is 5.69 Å². The molecule has 1 atom stereocenters. The SMILES string of the molecule is CC(=O)O.Cc1cnc2n1-c1ccc([N+](=O)[O-])cc1C(c1cccs1)=NC2O. The van der Waals surface area contributed by atoms with E-state index in [9.17, 15) is 15.2 Å². The van der Waals surface area contributed by atoms with Gasteiger partial charge in [-0.15, -0.1) is 11.3 Å². The predicted octanol–water partition coefficient (Wildman–Crippen LogP) is 3.08. The summed E-state index contributed by atoms with van der Waals surface area (Å²) in [6.07, 6.45) is 0.511. The van der Waals surface area contributed by atoms with Gasteiger partial charge in [0.15, 0.2) is 5.82 Å². The van der Waals surface area contributed by atoms with Crippen LogP contribution >= 0.6 is 11.3 Å². The van der Waals surface area contributed by atoms with Crippen molar-refractivity contribution in [3.05, 3.63) is 74.0 Å². The predicted molar refractivity (Wildman–Crippen MR) is 103 cm³/mol. The fraction of sp³-hybridized carbons (Fsp3) is 0.167. The number of rotatable bonds is 2. The van der Waals surface area contributed by atoms with Gasteiger partial charge >= 0.3 is 0 Å². The van der Waals surface area contributed by atoms with Crippen molar-refractivity contribution < 1.29 is 19.9 Å². The molecule has 10 heteroatoms. The van der Waals surface area contributed by atoms with E-state index in [2.05, 4.69) is 9.98 Å². The van der Waals surface area contributed by atoms with E-state index in [1.54, 1.807) is 16.8 Å². The Labute approximate surface area is 163 Å². The fourth-order valence-corrected chi connectivity index (χ4v) is 3.57. The van der Waals surface area contributed by atoms with Crippen LogP contribution in [0.15, 0.2) is 46.9 Å². The minimum absolute atomic E-state index is 0.0197. The summed E-state index contributed by atoms with van der Waals surface area (Å²) in [5.74, 6) is -0.436. The van der Waals surface area contributed by atoms with Crippen LogP contribution < -0.4 is 0 Å². The fourth-order valence-electron chi connectivity index (χ4n) is 2.83. The van der Waals surface area contributed by atoms with Gasteiger partial charge in [0.1, 0.15) is 0 Å². The van der Waals surface area contributed by atoms with Crippen molar-refractivity contribution in [3.63, 3.8) is 0 Å². The third kappa shape index (κ3) is 3.68. The zero-order valence-electron chi connectivity index (χ0n) is 14.9. The van der Waals surface area contributed by atoms with Gasteiger partial charge in [-0.2, -0.15) is 0 Å². The highest BCUT2D eigenvalue weighted by Crippen LogP contribution is 2.33. The number of aliphatic imine (C=N–C) groups is 1. The Morgan fingerprint density at radius 3 is 2.68 bits per heavy atom. The Kier molecular flexibility index (Phi) is 5.34. The summed E-state index contributed by atoms with van der Waals surface area (Å²) in [5.41, 5.74) is 2.65. The van der Waals surface area contributed by atoms with Crippen molar-refractivity contribution in [3.8, 4) is 5.69 Å². The number of non-ortho nitro benzene ring substituents is 1. The maximum absolute atomic E-state index is 11.2. The number of thiophene rings is 1. The number of carboxylic acid groups (broad SMARTS) is 1. The number of hydrogen-bond acceptors (Lipinski definition) is 7. The number of nitro groups is 1. The highest BCUT2D eigenvalue weighted by molar-refractivity contribution is 7.12. The lowest BCUT2D eigenvalue weighted by atomic mass is 10.0. The zero-order chi connectivity index (χ0) is 20.4. The van der Waals surface area contributed by atoms with Gasteiger partial charge in [0.25, 0.3) is 11.7 Å². The average molecular weight is 400 g/mol. The molecular formula is C18H16N4O5S. The second kappa shape index (κ2) is 7.71. The Balaban J connectivity index is 0.000000516. The molecule has 2 aromatic heterocycles. The Hall–Kier alpha value is -3.37. The molecule has 0 saturated carbocycles.